The van der Waals surface area contributed by atoms with Crippen LogP contribution in [0.15, 0.2) is 36.4 Å². The van der Waals surface area contributed by atoms with E-state index in [1.807, 2.05) is 24.1 Å². The van der Waals surface area contributed by atoms with Gasteiger partial charge in [-0.3, -0.25) is 4.79 Å². The van der Waals surface area contributed by atoms with Gasteiger partial charge in [0.15, 0.2) is 5.82 Å². The van der Waals surface area contributed by atoms with E-state index in [0.717, 1.165) is 48.5 Å². The molecule has 3 aliphatic rings. The SMILES string of the molecule is COc1cc(C(=O)N2CC3CCC2[C@@H]3N)cc2nc(-c3cc4ccc(N(C)C)cc4n3CC3CC3)n(C)c12. The van der Waals surface area contributed by atoms with Crippen LogP contribution in [0.25, 0.3) is 33.5 Å². The zero-order chi connectivity index (χ0) is 26.3. The third-order valence-corrected chi connectivity index (χ3v) is 9.09. The van der Waals surface area contributed by atoms with E-state index in [0.29, 0.717) is 23.1 Å². The van der Waals surface area contributed by atoms with E-state index in [9.17, 15) is 4.79 Å². The number of piperidine rings is 1. The highest BCUT2D eigenvalue weighted by atomic mass is 16.5. The molecule has 4 aromatic rings. The van der Waals surface area contributed by atoms with Gasteiger partial charge in [0.2, 0.25) is 0 Å². The van der Waals surface area contributed by atoms with Gasteiger partial charge in [0.1, 0.15) is 11.3 Å². The third kappa shape index (κ3) is 3.53. The monoisotopic (exact) mass is 512 g/mol. The minimum Gasteiger partial charge on any atom is -0.494 e. The Kier molecular flexibility index (Phi) is 5.27. The molecule has 0 spiro atoms. The van der Waals surface area contributed by atoms with Crippen molar-refractivity contribution in [2.75, 3.05) is 32.6 Å². The summed E-state index contributed by atoms with van der Waals surface area (Å²) in [4.78, 5) is 22.9. The average Bonchev–Trinajstić information content (AvgIpc) is 3.32. The highest BCUT2D eigenvalue weighted by Gasteiger charge is 2.47. The minimum absolute atomic E-state index is 0.0270. The molecule has 3 heterocycles. The Morgan fingerprint density at radius 3 is 2.61 bits per heavy atom. The van der Waals surface area contributed by atoms with Crippen LogP contribution in [0.1, 0.15) is 36.0 Å². The first-order chi connectivity index (χ1) is 18.3. The van der Waals surface area contributed by atoms with Gasteiger partial charge in [0.05, 0.1) is 23.8 Å². The number of ether oxygens (including phenoxy) is 1. The van der Waals surface area contributed by atoms with Gasteiger partial charge in [-0.25, -0.2) is 4.98 Å². The van der Waals surface area contributed by atoms with E-state index in [1.54, 1.807) is 7.11 Å². The highest BCUT2D eigenvalue weighted by Crippen LogP contribution is 2.40. The van der Waals surface area contributed by atoms with Crippen molar-refractivity contribution in [2.45, 2.75) is 44.3 Å². The molecule has 8 nitrogen and oxygen atoms in total. The maximum atomic E-state index is 13.6. The first-order valence-electron chi connectivity index (χ1n) is 13.8. The number of fused-ring (bicyclic) bond motifs is 4. The van der Waals surface area contributed by atoms with Crippen LogP contribution in [0.2, 0.25) is 0 Å². The van der Waals surface area contributed by atoms with E-state index >= 15 is 0 Å². The van der Waals surface area contributed by atoms with Crippen LogP contribution in [-0.2, 0) is 13.6 Å². The maximum Gasteiger partial charge on any atom is 0.254 e. The van der Waals surface area contributed by atoms with Gasteiger partial charge in [0, 0.05) is 63.0 Å². The molecule has 2 aromatic heterocycles. The van der Waals surface area contributed by atoms with Crippen LogP contribution in [0, 0.1) is 11.8 Å². The van der Waals surface area contributed by atoms with Gasteiger partial charge >= 0.3 is 0 Å². The van der Waals surface area contributed by atoms with E-state index in [1.165, 1.54) is 29.4 Å². The van der Waals surface area contributed by atoms with Gasteiger partial charge in [-0.2, -0.15) is 0 Å². The molecule has 2 aromatic carbocycles. The van der Waals surface area contributed by atoms with E-state index in [-0.39, 0.29) is 18.0 Å². The number of carbonyl (C=O) groups excluding carboxylic acids is 1. The molecule has 2 saturated carbocycles. The number of aryl methyl sites for hydroxylation is 1. The number of hydrogen-bond donors (Lipinski definition) is 1. The molecule has 3 fully saturated rings. The summed E-state index contributed by atoms with van der Waals surface area (Å²) < 4.78 is 10.4. The first kappa shape index (κ1) is 23.6. The zero-order valence-electron chi connectivity index (χ0n) is 22.6. The molecular formula is C30H36N6O2. The Morgan fingerprint density at radius 1 is 1.13 bits per heavy atom. The predicted molar refractivity (Wildman–Crippen MR) is 151 cm³/mol. The summed E-state index contributed by atoms with van der Waals surface area (Å²) in [5, 5.41) is 1.21. The van der Waals surface area contributed by atoms with Gasteiger partial charge in [-0.1, -0.05) is 6.07 Å². The summed E-state index contributed by atoms with van der Waals surface area (Å²) in [5.41, 5.74) is 12.2. The van der Waals surface area contributed by atoms with Crippen LogP contribution >= 0.6 is 0 Å². The van der Waals surface area contributed by atoms with Crippen LogP contribution in [-0.4, -0.2) is 64.8 Å². The number of methoxy groups -OCH3 is 1. The van der Waals surface area contributed by atoms with Crippen molar-refractivity contribution < 1.29 is 9.53 Å². The summed E-state index contributed by atoms with van der Waals surface area (Å²) in [6.07, 6.45) is 4.66. The standard InChI is InChI=1S/C30H36N6O2/c1-33(2)21-9-7-18-12-25(35(24(18)14-21)15-17-5-6-17)29-32-22-11-20(13-26(38-4)28(22)34(29)3)30(37)36-16-19-8-10-23(36)27(19)31/h7,9,11-14,17,19,23,27H,5-6,8,10,15-16,31H2,1-4H3/t19?,23?,27-/m1/s1. The van der Waals surface area contributed by atoms with Gasteiger partial charge in [0.25, 0.3) is 5.91 Å². The number of likely N-dealkylation sites (tertiary alicyclic amines) is 1. The second-order valence-corrected chi connectivity index (χ2v) is 11.7. The van der Waals surface area contributed by atoms with E-state index in [2.05, 4.69) is 52.4 Å². The van der Waals surface area contributed by atoms with Crippen molar-refractivity contribution in [1.29, 1.82) is 0 Å². The Balaban J connectivity index is 1.35. The molecule has 0 radical (unpaired) electrons. The summed E-state index contributed by atoms with van der Waals surface area (Å²) in [6, 6.07) is 12.9. The lowest BCUT2D eigenvalue weighted by Gasteiger charge is -2.27. The van der Waals surface area contributed by atoms with Crippen LogP contribution in [0.4, 0.5) is 5.69 Å². The maximum absolute atomic E-state index is 13.6. The first-order valence-corrected chi connectivity index (χ1v) is 13.8. The fourth-order valence-corrected chi connectivity index (χ4v) is 6.73. The molecule has 2 N–H and O–H groups in total. The number of aromatic nitrogens is 3. The summed E-state index contributed by atoms with van der Waals surface area (Å²) >= 11 is 0. The molecule has 1 amide bonds. The van der Waals surface area contributed by atoms with Crippen LogP contribution < -0.4 is 15.4 Å². The minimum atomic E-state index is 0.0270. The van der Waals surface area contributed by atoms with E-state index in [4.69, 9.17) is 15.5 Å². The van der Waals surface area contributed by atoms with Crippen molar-refractivity contribution in [3.8, 4) is 17.3 Å². The summed E-state index contributed by atoms with van der Waals surface area (Å²) in [6.45, 7) is 1.73. The molecule has 3 atom stereocenters. The van der Waals surface area contributed by atoms with Gasteiger partial charge in [-0.15, -0.1) is 0 Å². The smallest absolute Gasteiger partial charge is 0.254 e. The number of carbonyl (C=O) groups is 1. The Hall–Kier alpha value is -3.52. The lowest BCUT2D eigenvalue weighted by molar-refractivity contribution is 0.0700. The molecule has 7 rings (SSSR count). The summed E-state index contributed by atoms with van der Waals surface area (Å²) in [5.74, 6) is 2.70. The number of nitrogens with zero attached hydrogens (tertiary/aromatic N) is 5. The second kappa shape index (κ2) is 8.50. The van der Waals surface area contributed by atoms with Crippen LogP contribution in [0.3, 0.4) is 0 Å². The lowest BCUT2D eigenvalue weighted by Crippen LogP contribution is -2.41. The topological polar surface area (TPSA) is 81.6 Å². The van der Waals surface area contributed by atoms with Crippen molar-refractivity contribution in [2.24, 2.45) is 24.6 Å². The summed E-state index contributed by atoms with van der Waals surface area (Å²) in [7, 11) is 7.86. The molecule has 38 heavy (non-hydrogen) atoms. The van der Waals surface area contributed by atoms with Gasteiger partial charge < -0.3 is 29.4 Å². The largest absolute Gasteiger partial charge is 0.494 e. The molecule has 198 valence electrons. The third-order valence-electron chi connectivity index (χ3n) is 9.09. The molecule has 2 aliphatic carbocycles. The van der Waals surface area contributed by atoms with Crippen molar-refractivity contribution >= 4 is 33.5 Å². The number of hydrogen-bond acceptors (Lipinski definition) is 5. The molecule has 1 saturated heterocycles. The Morgan fingerprint density at radius 2 is 1.95 bits per heavy atom. The Bertz CT molecular complexity index is 1580. The lowest BCUT2D eigenvalue weighted by atomic mass is 10.1. The molecular weight excluding hydrogens is 476 g/mol. The fraction of sp³-hybridized carbons (Fsp3) is 0.467. The number of imidazole rings is 1. The second-order valence-electron chi connectivity index (χ2n) is 11.7. The van der Waals surface area contributed by atoms with Gasteiger partial charge in [-0.05, 0) is 67.9 Å². The van der Waals surface area contributed by atoms with Crippen molar-refractivity contribution in [1.82, 2.24) is 19.0 Å². The Labute approximate surface area is 223 Å². The number of nitrogens with two attached hydrogens (primary N) is 1. The van der Waals surface area contributed by atoms with Crippen molar-refractivity contribution in [3.05, 3.63) is 42.0 Å². The molecule has 2 unspecified atom stereocenters. The number of anilines is 1. The van der Waals surface area contributed by atoms with Crippen LogP contribution in [0.5, 0.6) is 5.75 Å². The van der Waals surface area contributed by atoms with Crippen molar-refractivity contribution in [3.63, 3.8) is 0 Å². The highest BCUT2D eigenvalue weighted by molar-refractivity contribution is 6.00. The van der Waals surface area contributed by atoms with E-state index < -0.39 is 0 Å². The normalized spacial score (nSPS) is 22.7. The number of amides is 1. The zero-order valence-corrected chi connectivity index (χ0v) is 22.6. The quantitative estimate of drug-likeness (QED) is 0.418. The predicted octanol–water partition coefficient (Wildman–Crippen LogP) is 4.24. The molecule has 2 bridgehead atoms. The molecule has 1 aliphatic heterocycles. The molecule has 8 heteroatoms. The number of benzene rings is 2. The number of rotatable bonds is 6. The fourth-order valence-electron chi connectivity index (χ4n) is 6.73. The average molecular weight is 513 g/mol.